The van der Waals surface area contributed by atoms with Crippen LogP contribution in [0, 0.1) is 6.92 Å². The van der Waals surface area contributed by atoms with Crippen molar-refractivity contribution < 1.29 is 4.79 Å². The zero-order valence-electron chi connectivity index (χ0n) is 11.5. The molecule has 0 unspecified atom stereocenters. The molecule has 1 fully saturated rings. The van der Waals surface area contributed by atoms with Crippen molar-refractivity contribution in [2.75, 3.05) is 13.1 Å². The quantitative estimate of drug-likeness (QED) is 0.786. The van der Waals surface area contributed by atoms with Crippen LogP contribution in [0.25, 0.3) is 5.65 Å². The largest absolute Gasteiger partial charge is 0.342 e. The normalized spacial score (nSPS) is 19.9. The van der Waals surface area contributed by atoms with Gasteiger partial charge in [-0.2, -0.15) is 0 Å². The van der Waals surface area contributed by atoms with Crippen molar-refractivity contribution >= 4 is 11.6 Å². The van der Waals surface area contributed by atoms with Crippen LogP contribution in [0.5, 0.6) is 0 Å². The minimum absolute atomic E-state index is 0.179. The Hall–Kier alpha value is -1.84. The molecule has 2 aromatic heterocycles. The first-order valence-corrected chi connectivity index (χ1v) is 6.85. The van der Waals surface area contributed by atoms with E-state index in [0.717, 1.165) is 37.3 Å². The number of hydrogen-bond donors (Lipinski definition) is 0. The molecule has 19 heavy (non-hydrogen) atoms. The van der Waals surface area contributed by atoms with E-state index in [4.69, 9.17) is 0 Å². The van der Waals surface area contributed by atoms with Gasteiger partial charge in [0.25, 0.3) is 0 Å². The lowest BCUT2D eigenvalue weighted by Gasteiger charge is -2.32. The molecular weight excluding hydrogens is 238 g/mol. The summed E-state index contributed by atoms with van der Waals surface area (Å²) in [5.74, 6) is 0.591. The minimum atomic E-state index is 0.179. The van der Waals surface area contributed by atoms with Crippen molar-refractivity contribution in [3.05, 3.63) is 35.8 Å². The minimum Gasteiger partial charge on any atom is -0.342 e. The van der Waals surface area contributed by atoms with Crippen molar-refractivity contribution in [1.82, 2.24) is 14.3 Å². The summed E-state index contributed by atoms with van der Waals surface area (Å²) in [5, 5.41) is 0. The number of rotatable bonds is 1. The predicted octanol–water partition coefficient (Wildman–Crippen LogP) is 2.37. The predicted molar refractivity (Wildman–Crippen MR) is 74.2 cm³/mol. The average molecular weight is 257 g/mol. The van der Waals surface area contributed by atoms with Gasteiger partial charge in [-0.3, -0.25) is 4.79 Å². The summed E-state index contributed by atoms with van der Waals surface area (Å²) in [7, 11) is 0. The molecule has 0 bridgehead atoms. The number of piperidine rings is 1. The molecule has 1 saturated heterocycles. The van der Waals surface area contributed by atoms with Gasteiger partial charge in [-0.15, -0.1) is 0 Å². The Morgan fingerprint density at radius 2 is 2.26 bits per heavy atom. The van der Waals surface area contributed by atoms with E-state index in [-0.39, 0.29) is 5.91 Å². The van der Waals surface area contributed by atoms with Gasteiger partial charge in [0.2, 0.25) is 5.91 Å². The number of hydrogen-bond acceptors (Lipinski definition) is 2. The van der Waals surface area contributed by atoms with E-state index < -0.39 is 0 Å². The summed E-state index contributed by atoms with van der Waals surface area (Å²) >= 11 is 0. The molecule has 2 aromatic rings. The highest BCUT2D eigenvalue weighted by atomic mass is 16.2. The van der Waals surface area contributed by atoms with Gasteiger partial charge in [0.15, 0.2) is 0 Å². The summed E-state index contributed by atoms with van der Waals surface area (Å²) in [6.07, 6.45) is 4.30. The SMILES string of the molecule is CC(=O)N1CCC[C@@H](c2cccc3nc(C)cn23)C1. The van der Waals surface area contributed by atoms with Gasteiger partial charge in [0.1, 0.15) is 5.65 Å². The third kappa shape index (κ3) is 2.23. The molecular formula is C15H19N3O. The Labute approximate surface area is 113 Å². The summed E-state index contributed by atoms with van der Waals surface area (Å²) in [6, 6.07) is 6.24. The van der Waals surface area contributed by atoms with E-state index in [2.05, 4.69) is 27.7 Å². The van der Waals surface area contributed by atoms with Gasteiger partial charge in [0, 0.05) is 37.8 Å². The highest BCUT2D eigenvalue weighted by molar-refractivity contribution is 5.73. The van der Waals surface area contributed by atoms with E-state index >= 15 is 0 Å². The highest BCUT2D eigenvalue weighted by Crippen LogP contribution is 2.27. The number of likely N-dealkylation sites (tertiary alicyclic amines) is 1. The standard InChI is InChI=1S/C15H19N3O/c1-11-9-18-14(6-3-7-15(18)16-11)13-5-4-8-17(10-13)12(2)19/h3,6-7,9,13H,4-5,8,10H2,1-2H3/t13-/m1/s1. The smallest absolute Gasteiger partial charge is 0.219 e. The van der Waals surface area contributed by atoms with Crippen molar-refractivity contribution in [1.29, 1.82) is 0 Å². The molecule has 1 amide bonds. The van der Waals surface area contributed by atoms with Crippen LogP contribution < -0.4 is 0 Å². The van der Waals surface area contributed by atoms with Gasteiger partial charge < -0.3 is 9.30 Å². The first-order chi connectivity index (χ1) is 9.15. The number of imidazole rings is 1. The van der Waals surface area contributed by atoms with E-state index in [0.29, 0.717) is 5.92 Å². The third-order valence-corrected chi connectivity index (χ3v) is 3.93. The number of pyridine rings is 1. The van der Waals surface area contributed by atoms with E-state index in [1.807, 2.05) is 17.9 Å². The molecule has 1 aliphatic rings. The number of aryl methyl sites for hydroxylation is 1. The van der Waals surface area contributed by atoms with E-state index in [1.54, 1.807) is 6.92 Å². The summed E-state index contributed by atoms with van der Waals surface area (Å²) in [6.45, 7) is 5.39. The molecule has 100 valence electrons. The molecule has 0 radical (unpaired) electrons. The Morgan fingerprint density at radius 1 is 1.42 bits per heavy atom. The Morgan fingerprint density at radius 3 is 3.05 bits per heavy atom. The second-order valence-corrected chi connectivity index (χ2v) is 5.37. The fraction of sp³-hybridized carbons (Fsp3) is 0.467. The van der Waals surface area contributed by atoms with Crippen LogP contribution in [-0.4, -0.2) is 33.3 Å². The Kier molecular flexibility index (Phi) is 3.01. The maximum atomic E-state index is 11.6. The van der Waals surface area contributed by atoms with Gasteiger partial charge in [-0.25, -0.2) is 4.98 Å². The first kappa shape index (κ1) is 12.2. The summed E-state index contributed by atoms with van der Waals surface area (Å²) in [5.41, 5.74) is 3.30. The molecule has 0 spiro atoms. The van der Waals surface area contributed by atoms with E-state index in [9.17, 15) is 4.79 Å². The van der Waals surface area contributed by atoms with Gasteiger partial charge in [-0.1, -0.05) is 6.07 Å². The second-order valence-electron chi connectivity index (χ2n) is 5.37. The molecule has 4 nitrogen and oxygen atoms in total. The van der Waals surface area contributed by atoms with Crippen LogP contribution in [0.15, 0.2) is 24.4 Å². The molecule has 3 rings (SSSR count). The highest BCUT2D eigenvalue weighted by Gasteiger charge is 2.24. The lowest BCUT2D eigenvalue weighted by Crippen LogP contribution is -2.38. The topological polar surface area (TPSA) is 37.6 Å². The van der Waals surface area contributed by atoms with Crippen LogP contribution in [0.1, 0.15) is 37.1 Å². The molecule has 1 aliphatic heterocycles. The average Bonchev–Trinajstić information content (AvgIpc) is 2.78. The molecule has 0 aromatic carbocycles. The maximum absolute atomic E-state index is 11.6. The lowest BCUT2D eigenvalue weighted by atomic mass is 9.94. The molecule has 0 aliphatic carbocycles. The zero-order chi connectivity index (χ0) is 13.4. The number of amides is 1. The molecule has 0 N–H and O–H groups in total. The fourth-order valence-electron chi connectivity index (χ4n) is 2.99. The molecule has 4 heteroatoms. The number of aromatic nitrogens is 2. The number of carbonyl (C=O) groups is 1. The third-order valence-electron chi connectivity index (χ3n) is 3.93. The number of nitrogens with zero attached hydrogens (tertiary/aromatic N) is 3. The molecule has 1 atom stereocenters. The van der Waals surface area contributed by atoms with Crippen LogP contribution in [-0.2, 0) is 4.79 Å². The van der Waals surface area contributed by atoms with Gasteiger partial charge >= 0.3 is 0 Å². The zero-order valence-corrected chi connectivity index (χ0v) is 11.5. The van der Waals surface area contributed by atoms with Crippen LogP contribution in [0.3, 0.4) is 0 Å². The van der Waals surface area contributed by atoms with Crippen molar-refractivity contribution in [2.45, 2.75) is 32.6 Å². The Balaban J connectivity index is 1.97. The number of fused-ring (bicyclic) bond motifs is 1. The first-order valence-electron chi connectivity index (χ1n) is 6.85. The van der Waals surface area contributed by atoms with Crippen LogP contribution in [0.2, 0.25) is 0 Å². The maximum Gasteiger partial charge on any atom is 0.219 e. The van der Waals surface area contributed by atoms with Crippen LogP contribution in [0.4, 0.5) is 0 Å². The lowest BCUT2D eigenvalue weighted by molar-refractivity contribution is -0.130. The second kappa shape index (κ2) is 4.68. The van der Waals surface area contributed by atoms with Crippen molar-refractivity contribution in [3.63, 3.8) is 0 Å². The van der Waals surface area contributed by atoms with Gasteiger partial charge in [0.05, 0.1) is 5.69 Å². The van der Waals surface area contributed by atoms with E-state index in [1.165, 1.54) is 5.69 Å². The number of carbonyl (C=O) groups excluding carboxylic acids is 1. The summed E-state index contributed by atoms with van der Waals surface area (Å²) in [4.78, 5) is 18.0. The Bertz CT molecular complexity index is 617. The molecule has 0 saturated carbocycles. The van der Waals surface area contributed by atoms with Crippen molar-refractivity contribution in [3.8, 4) is 0 Å². The van der Waals surface area contributed by atoms with Gasteiger partial charge in [-0.05, 0) is 31.9 Å². The fourth-order valence-corrected chi connectivity index (χ4v) is 2.99. The van der Waals surface area contributed by atoms with Crippen molar-refractivity contribution in [2.24, 2.45) is 0 Å². The van der Waals surface area contributed by atoms with Crippen LogP contribution >= 0.6 is 0 Å². The monoisotopic (exact) mass is 257 g/mol. The summed E-state index contributed by atoms with van der Waals surface area (Å²) < 4.78 is 2.17. The molecule has 3 heterocycles.